The Morgan fingerprint density at radius 1 is 1.08 bits per heavy atom. The summed E-state index contributed by atoms with van der Waals surface area (Å²) in [7, 11) is 0. The van der Waals surface area contributed by atoms with Crippen molar-refractivity contribution in [3.8, 4) is 11.4 Å². The highest BCUT2D eigenvalue weighted by molar-refractivity contribution is 5.83. The predicted octanol–water partition coefficient (Wildman–Crippen LogP) is 3.55. The predicted molar refractivity (Wildman–Crippen MR) is 91.1 cm³/mol. The third-order valence-corrected chi connectivity index (χ3v) is 3.84. The molecule has 2 aromatic carbocycles. The van der Waals surface area contributed by atoms with E-state index in [4.69, 9.17) is 4.52 Å². The van der Waals surface area contributed by atoms with Gasteiger partial charge in [0, 0.05) is 5.56 Å². The molecule has 1 amide bonds. The highest BCUT2D eigenvalue weighted by atomic mass is 16.5. The second-order valence-electron chi connectivity index (χ2n) is 5.47. The second-order valence-corrected chi connectivity index (χ2v) is 5.47. The first-order chi connectivity index (χ1) is 11.8. The van der Waals surface area contributed by atoms with Crippen LogP contribution >= 0.6 is 0 Å². The Bertz CT molecular complexity index is 785. The van der Waals surface area contributed by atoms with Gasteiger partial charge in [-0.1, -0.05) is 72.7 Å². The fourth-order valence-electron chi connectivity index (χ4n) is 2.57. The van der Waals surface area contributed by atoms with Gasteiger partial charge in [-0.05, 0) is 12.0 Å². The molecule has 3 aromatic rings. The normalized spacial score (nSPS) is 11.9. The number of aromatic nitrogens is 2. The fraction of sp³-hybridized carbons (Fsp3) is 0.211. The Morgan fingerprint density at radius 2 is 1.75 bits per heavy atom. The van der Waals surface area contributed by atoms with Crippen molar-refractivity contribution in [1.29, 1.82) is 0 Å². The Kier molecular flexibility index (Phi) is 5.01. The maximum Gasteiger partial charge on any atom is 0.246 e. The minimum Gasteiger partial charge on any atom is -0.346 e. The Labute approximate surface area is 140 Å². The molecule has 0 bridgehead atoms. The summed E-state index contributed by atoms with van der Waals surface area (Å²) in [5.74, 6) is 0.700. The molecule has 0 spiro atoms. The smallest absolute Gasteiger partial charge is 0.246 e. The zero-order valence-corrected chi connectivity index (χ0v) is 13.5. The van der Waals surface area contributed by atoms with E-state index in [1.165, 1.54) is 0 Å². The molecule has 5 nitrogen and oxygen atoms in total. The zero-order valence-electron chi connectivity index (χ0n) is 13.5. The molecule has 0 saturated carbocycles. The minimum atomic E-state index is -0.178. The lowest BCUT2D eigenvalue weighted by Crippen LogP contribution is -2.28. The summed E-state index contributed by atoms with van der Waals surface area (Å²) in [6.07, 6.45) is 0.731. The maximum atomic E-state index is 12.4. The quantitative estimate of drug-likeness (QED) is 0.754. The van der Waals surface area contributed by atoms with Crippen molar-refractivity contribution in [2.75, 3.05) is 0 Å². The lowest BCUT2D eigenvalue weighted by molar-refractivity contribution is -0.122. The molecule has 3 rings (SSSR count). The first-order valence-electron chi connectivity index (χ1n) is 7.98. The zero-order chi connectivity index (χ0) is 16.8. The lowest BCUT2D eigenvalue weighted by Gasteiger charge is -2.14. The van der Waals surface area contributed by atoms with Gasteiger partial charge in [0.15, 0.2) is 0 Å². The van der Waals surface area contributed by atoms with E-state index < -0.39 is 0 Å². The molecule has 1 heterocycles. The lowest BCUT2D eigenvalue weighted by atomic mass is 9.96. The van der Waals surface area contributed by atoms with Gasteiger partial charge in [0.2, 0.25) is 17.6 Å². The van der Waals surface area contributed by atoms with E-state index in [-0.39, 0.29) is 18.4 Å². The monoisotopic (exact) mass is 321 g/mol. The molecule has 0 radical (unpaired) electrons. The number of nitrogens with zero attached hydrogens (tertiary/aromatic N) is 2. The van der Waals surface area contributed by atoms with Crippen molar-refractivity contribution in [3.05, 3.63) is 72.1 Å². The van der Waals surface area contributed by atoms with E-state index in [2.05, 4.69) is 15.5 Å². The summed E-state index contributed by atoms with van der Waals surface area (Å²) in [6, 6.07) is 19.3. The molecule has 0 aliphatic rings. The Balaban J connectivity index is 1.63. The van der Waals surface area contributed by atoms with Gasteiger partial charge in [0.1, 0.15) is 0 Å². The summed E-state index contributed by atoms with van der Waals surface area (Å²) in [6.45, 7) is 2.22. The topological polar surface area (TPSA) is 68.0 Å². The van der Waals surface area contributed by atoms with Crippen molar-refractivity contribution >= 4 is 5.91 Å². The van der Waals surface area contributed by atoms with Crippen LogP contribution in [0.4, 0.5) is 0 Å². The first kappa shape index (κ1) is 15.9. The number of nitrogens with one attached hydrogen (secondary N) is 1. The molecule has 1 aromatic heterocycles. The maximum absolute atomic E-state index is 12.4. The van der Waals surface area contributed by atoms with E-state index in [1.54, 1.807) is 0 Å². The van der Waals surface area contributed by atoms with Gasteiger partial charge in [-0.2, -0.15) is 4.98 Å². The van der Waals surface area contributed by atoms with Crippen LogP contribution in [0.1, 0.15) is 30.7 Å². The van der Waals surface area contributed by atoms with Crippen LogP contribution < -0.4 is 5.32 Å². The van der Waals surface area contributed by atoms with E-state index in [1.807, 2.05) is 67.6 Å². The van der Waals surface area contributed by atoms with Gasteiger partial charge in [0.25, 0.3) is 0 Å². The number of carbonyl (C=O) groups is 1. The molecule has 5 heteroatoms. The average Bonchev–Trinajstić information content (AvgIpc) is 3.11. The van der Waals surface area contributed by atoms with Crippen LogP contribution in [-0.2, 0) is 11.3 Å². The third kappa shape index (κ3) is 3.68. The van der Waals surface area contributed by atoms with E-state index in [0.29, 0.717) is 11.7 Å². The van der Waals surface area contributed by atoms with E-state index in [0.717, 1.165) is 17.5 Å². The first-order valence-corrected chi connectivity index (χ1v) is 7.98. The largest absolute Gasteiger partial charge is 0.346 e. The molecule has 0 aliphatic carbocycles. The molecule has 122 valence electrons. The van der Waals surface area contributed by atoms with Gasteiger partial charge in [0.05, 0.1) is 12.5 Å². The summed E-state index contributed by atoms with van der Waals surface area (Å²) < 4.78 is 5.21. The van der Waals surface area contributed by atoms with Crippen LogP contribution in [0.3, 0.4) is 0 Å². The molecule has 1 atom stereocenters. The number of rotatable bonds is 6. The summed E-state index contributed by atoms with van der Waals surface area (Å²) in [4.78, 5) is 16.7. The number of benzene rings is 2. The molecular weight excluding hydrogens is 302 g/mol. The van der Waals surface area contributed by atoms with Gasteiger partial charge >= 0.3 is 0 Å². The number of amides is 1. The number of hydrogen-bond donors (Lipinski definition) is 1. The molecule has 1 unspecified atom stereocenters. The van der Waals surface area contributed by atoms with E-state index >= 15 is 0 Å². The second kappa shape index (κ2) is 7.55. The standard InChI is InChI=1S/C19H19N3O2/c1-2-16(14-9-5-3-6-10-14)19(23)20-13-17-21-18(22-24-17)15-11-7-4-8-12-15/h3-12,16H,2,13H2,1H3,(H,20,23). The summed E-state index contributed by atoms with van der Waals surface area (Å²) in [5.41, 5.74) is 1.89. The average molecular weight is 321 g/mol. The Hall–Kier alpha value is -2.95. The Morgan fingerprint density at radius 3 is 2.42 bits per heavy atom. The molecule has 0 fully saturated rings. The molecule has 1 N–H and O–H groups in total. The number of carbonyl (C=O) groups excluding carboxylic acids is 1. The van der Waals surface area contributed by atoms with Crippen LogP contribution in [-0.4, -0.2) is 16.0 Å². The molecule has 24 heavy (non-hydrogen) atoms. The van der Waals surface area contributed by atoms with Crippen molar-refractivity contribution < 1.29 is 9.32 Å². The van der Waals surface area contributed by atoms with Crippen LogP contribution in [0.5, 0.6) is 0 Å². The fourth-order valence-corrected chi connectivity index (χ4v) is 2.57. The van der Waals surface area contributed by atoms with E-state index in [9.17, 15) is 4.79 Å². The van der Waals surface area contributed by atoms with Gasteiger partial charge < -0.3 is 9.84 Å². The molecule has 0 saturated heterocycles. The summed E-state index contributed by atoms with van der Waals surface area (Å²) >= 11 is 0. The van der Waals surface area contributed by atoms with Crippen LogP contribution in [0, 0.1) is 0 Å². The van der Waals surface area contributed by atoms with Crippen LogP contribution in [0.15, 0.2) is 65.2 Å². The number of hydrogen-bond acceptors (Lipinski definition) is 4. The van der Waals surface area contributed by atoms with Gasteiger partial charge in [-0.3, -0.25) is 4.79 Å². The highest BCUT2D eigenvalue weighted by Gasteiger charge is 2.19. The molecule has 0 aliphatic heterocycles. The van der Waals surface area contributed by atoms with Crippen LogP contribution in [0.2, 0.25) is 0 Å². The van der Waals surface area contributed by atoms with Crippen molar-refractivity contribution in [2.45, 2.75) is 25.8 Å². The molecular formula is C19H19N3O2. The van der Waals surface area contributed by atoms with Crippen LogP contribution in [0.25, 0.3) is 11.4 Å². The van der Waals surface area contributed by atoms with Crippen molar-refractivity contribution in [2.24, 2.45) is 0 Å². The van der Waals surface area contributed by atoms with Crippen molar-refractivity contribution in [1.82, 2.24) is 15.5 Å². The SMILES string of the molecule is CCC(C(=O)NCc1nc(-c2ccccc2)no1)c1ccccc1. The van der Waals surface area contributed by atoms with Gasteiger partial charge in [-0.15, -0.1) is 0 Å². The van der Waals surface area contributed by atoms with Gasteiger partial charge in [-0.25, -0.2) is 0 Å². The highest BCUT2D eigenvalue weighted by Crippen LogP contribution is 2.19. The summed E-state index contributed by atoms with van der Waals surface area (Å²) in [5, 5.41) is 6.83. The third-order valence-electron chi connectivity index (χ3n) is 3.84. The van der Waals surface area contributed by atoms with Crippen molar-refractivity contribution in [3.63, 3.8) is 0 Å². The minimum absolute atomic E-state index is 0.0387.